The number of carbonyl (C=O) groups excluding carboxylic acids is 1. The molecule has 1 aliphatic rings. The van der Waals surface area contributed by atoms with Crippen LogP contribution in [0.4, 0.5) is 0 Å². The average molecular weight is 331 g/mol. The molecular formula is C17H21N3O2S. The Morgan fingerprint density at radius 3 is 2.70 bits per heavy atom. The van der Waals surface area contributed by atoms with E-state index in [1.165, 1.54) is 16.9 Å². The van der Waals surface area contributed by atoms with Crippen molar-refractivity contribution in [2.24, 2.45) is 5.73 Å². The number of nitrogens with zero attached hydrogens (tertiary/aromatic N) is 2. The largest absolute Gasteiger partial charge is 0.340 e. The molecule has 3 rings (SSSR count). The lowest BCUT2D eigenvalue weighted by Crippen LogP contribution is -2.33. The lowest BCUT2D eigenvalue weighted by Gasteiger charge is -2.17. The van der Waals surface area contributed by atoms with Crippen LogP contribution in [0.5, 0.6) is 0 Å². The summed E-state index contributed by atoms with van der Waals surface area (Å²) in [7, 11) is 0. The number of thiazole rings is 1. The first kappa shape index (κ1) is 16.0. The van der Waals surface area contributed by atoms with Crippen LogP contribution in [0, 0.1) is 6.92 Å². The Balaban J connectivity index is 1.62. The molecule has 2 atom stereocenters. The number of aromatic nitrogens is 1. The second-order valence-corrected chi connectivity index (χ2v) is 6.85. The van der Waals surface area contributed by atoms with E-state index in [9.17, 15) is 9.59 Å². The van der Waals surface area contributed by atoms with Gasteiger partial charge < -0.3 is 15.2 Å². The van der Waals surface area contributed by atoms with Crippen LogP contribution in [-0.4, -0.2) is 34.5 Å². The maximum Gasteiger partial charge on any atom is 0.307 e. The Morgan fingerprint density at radius 1 is 1.30 bits per heavy atom. The fourth-order valence-electron chi connectivity index (χ4n) is 3.13. The van der Waals surface area contributed by atoms with Crippen molar-refractivity contribution < 1.29 is 4.79 Å². The summed E-state index contributed by atoms with van der Waals surface area (Å²) in [6.45, 7) is 3.56. The zero-order chi connectivity index (χ0) is 16.4. The molecule has 2 N–H and O–H groups in total. The smallest absolute Gasteiger partial charge is 0.307 e. The first-order valence-electron chi connectivity index (χ1n) is 7.79. The maximum atomic E-state index is 12.4. The molecule has 1 amide bonds. The molecule has 1 saturated heterocycles. The van der Waals surface area contributed by atoms with Gasteiger partial charge in [-0.3, -0.25) is 9.59 Å². The van der Waals surface area contributed by atoms with Gasteiger partial charge in [-0.2, -0.15) is 0 Å². The average Bonchev–Trinajstić information content (AvgIpc) is 3.09. The molecule has 1 fully saturated rings. The minimum Gasteiger partial charge on any atom is -0.340 e. The summed E-state index contributed by atoms with van der Waals surface area (Å²) in [5.74, 6) is 0.252. The highest BCUT2D eigenvalue weighted by Gasteiger charge is 2.33. The van der Waals surface area contributed by atoms with Crippen LogP contribution in [0.2, 0.25) is 0 Å². The summed E-state index contributed by atoms with van der Waals surface area (Å²) in [6.07, 6.45) is 0.339. The van der Waals surface area contributed by atoms with Gasteiger partial charge in [-0.1, -0.05) is 41.7 Å². The highest BCUT2D eigenvalue weighted by atomic mass is 32.1. The lowest BCUT2D eigenvalue weighted by molar-refractivity contribution is -0.130. The predicted octanol–water partition coefficient (Wildman–Crippen LogP) is 1.56. The molecule has 2 aromatic rings. The van der Waals surface area contributed by atoms with Gasteiger partial charge in [0.15, 0.2) is 0 Å². The summed E-state index contributed by atoms with van der Waals surface area (Å²) in [4.78, 5) is 26.0. The number of aryl methyl sites for hydroxylation is 1. The number of rotatable bonds is 4. The van der Waals surface area contributed by atoms with E-state index in [0.717, 1.165) is 5.69 Å². The molecule has 5 nitrogen and oxygen atoms in total. The summed E-state index contributed by atoms with van der Waals surface area (Å²) >= 11 is 1.18. The quantitative estimate of drug-likeness (QED) is 0.924. The SMILES string of the molecule is Cc1csc(=O)n1CCC(=O)N1C[C@@H](N)[C@H](c2ccccc2)C1. The van der Waals surface area contributed by atoms with Gasteiger partial charge in [-0.15, -0.1) is 0 Å². The summed E-state index contributed by atoms with van der Waals surface area (Å²) in [5.41, 5.74) is 8.32. The third kappa shape index (κ3) is 3.38. The second kappa shape index (κ2) is 6.68. The van der Waals surface area contributed by atoms with E-state index in [-0.39, 0.29) is 22.7 Å². The van der Waals surface area contributed by atoms with E-state index in [0.29, 0.717) is 26.1 Å². The molecule has 0 bridgehead atoms. The normalized spacial score (nSPS) is 20.9. The van der Waals surface area contributed by atoms with E-state index in [4.69, 9.17) is 5.73 Å². The number of likely N-dealkylation sites (tertiary alicyclic amines) is 1. The zero-order valence-corrected chi connectivity index (χ0v) is 14.0. The van der Waals surface area contributed by atoms with Gasteiger partial charge in [0.1, 0.15) is 0 Å². The van der Waals surface area contributed by atoms with Crippen LogP contribution in [-0.2, 0) is 11.3 Å². The Morgan fingerprint density at radius 2 is 2.04 bits per heavy atom. The van der Waals surface area contributed by atoms with Gasteiger partial charge in [-0.25, -0.2) is 0 Å². The topological polar surface area (TPSA) is 68.3 Å². The third-order valence-corrected chi connectivity index (χ3v) is 5.35. The van der Waals surface area contributed by atoms with Crippen molar-refractivity contribution in [2.75, 3.05) is 13.1 Å². The number of carbonyl (C=O) groups is 1. The van der Waals surface area contributed by atoms with Crippen LogP contribution in [0.15, 0.2) is 40.5 Å². The highest BCUT2D eigenvalue weighted by Crippen LogP contribution is 2.26. The van der Waals surface area contributed by atoms with E-state index in [1.807, 2.05) is 35.4 Å². The third-order valence-electron chi connectivity index (χ3n) is 4.47. The molecule has 122 valence electrons. The Bertz CT molecular complexity index is 738. The molecule has 1 aromatic heterocycles. The van der Waals surface area contributed by atoms with Gasteiger partial charge in [0.05, 0.1) is 0 Å². The van der Waals surface area contributed by atoms with E-state index in [2.05, 4.69) is 12.1 Å². The van der Waals surface area contributed by atoms with Crippen molar-refractivity contribution in [1.82, 2.24) is 9.47 Å². The maximum absolute atomic E-state index is 12.4. The number of hydrogen-bond acceptors (Lipinski definition) is 4. The van der Waals surface area contributed by atoms with Crippen molar-refractivity contribution in [3.8, 4) is 0 Å². The second-order valence-electron chi connectivity index (χ2n) is 6.02. The molecule has 1 aliphatic heterocycles. The Kier molecular flexibility index (Phi) is 4.63. The summed E-state index contributed by atoms with van der Waals surface area (Å²) < 4.78 is 1.66. The Labute approximate surface area is 139 Å². The molecule has 2 heterocycles. The molecule has 0 spiro atoms. The van der Waals surface area contributed by atoms with Crippen molar-refractivity contribution in [3.63, 3.8) is 0 Å². The molecule has 0 aliphatic carbocycles. The number of amides is 1. The highest BCUT2D eigenvalue weighted by molar-refractivity contribution is 7.07. The molecule has 6 heteroatoms. The number of nitrogens with two attached hydrogens (primary N) is 1. The van der Waals surface area contributed by atoms with Crippen LogP contribution >= 0.6 is 11.3 Å². The van der Waals surface area contributed by atoms with E-state index >= 15 is 0 Å². The van der Waals surface area contributed by atoms with Gasteiger partial charge in [0, 0.05) is 49.1 Å². The molecular weight excluding hydrogens is 310 g/mol. The standard InChI is InChI=1S/C17H21N3O2S/c1-12-11-23-17(22)20(12)8-7-16(21)19-9-14(15(18)10-19)13-5-3-2-4-6-13/h2-6,11,14-15H,7-10,18H2,1H3/t14-,15+/m0/s1. The predicted molar refractivity (Wildman–Crippen MR) is 91.7 cm³/mol. The first-order chi connectivity index (χ1) is 11.1. The minimum atomic E-state index is -0.0352. The summed E-state index contributed by atoms with van der Waals surface area (Å²) in [5, 5.41) is 1.82. The minimum absolute atomic E-state index is 0.00409. The molecule has 1 aromatic carbocycles. The van der Waals surface area contributed by atoms with Crippen LogP contribution < -0.4 is 10.6 Å². The van der Waals surface area contributed by atoms with Gasteiger partial charge in [0.2, 0.25) is 5.91 Å². The molecule has 23 heavy (non-hydrogen) atoms. The van der Waals surface area contributed by atoms with E-state index < -0.39 is 0 Å². The van der Waals surface area contributed by atoms with E-state index in [1.54, 1.807) is 4.57 Å². The van der Waals surface area contributed by atoms with Crippen molar-refractivity contribution in [2.45, 2.75) is 31.8 Å². The van der Waals surface area contributed by atoms with Crippen LogP contribution in [0.25, 0.3) is 0 Å². The fraction of sp³-hybridized carbons (Fsp3) is 0.412. The molecule has 0 radical (unpaired) electrons. The first-order valence-corrected chi connectivity index (χ1v) is 8.67. The summed E-state index contributed by atoms with van der Waals surface area (Å²) in [6, 6.07) is 10.1. The number of hydrogen-bond donors (Lipinski definition) is 1. The zero-order valence-electron chi connectivity index (χ0n) is 13.1. The van der Waals surface area contributed by atoms with Crippen molar-refractivity contribution >= 4 is 17.2 Å². The van der Waals surface area contributed by atoms with Crippen molar-refractivity contribution in [1.29, 1.82) is 0 Å². The Hall–Kier alpha value is -1.92. The van der Waals surface area contributed by atoms with Crippen LogP contribution in [0.3, 0.4) is 0 Å². The monoisotopic (exact) mass is 331 g/mol. The molecule has 0 saturated carbocycles. The van der Waals surface area contributed by atoms with Gasteiger partial charge in [0.25, 0.3) is 0 Å². The lowest BCUT2D eigenvalue weighted by atomic mass is 9.95. The molecule has 0 unspecified atom stereocenters. The number of benzene rings is 1. The van der Waals surface area contributed by atoms with Gasteiger partial charge >= 0.3 is 4.87 Å². The van der Waals surface area contributed by atoms with Crippen molar-refractivity contribution in [3.05, 3.63) is 56.6 Å². The van der Waals surface area contributed by atoms with Gasteiger partial charge in [-0.05, 0) is 12.5 Å². The fourth-order valence-corrected chi connectivity index (χ4v) is 3.89. The van der Waals surface area contributed by atoms with Crippen LogP contribution in [0.1, 0.15) is 23.6 Å².